The first kappa shape index (κ1) is 10.2. The van der Waals surface area contributed by atoms with Crippen molar-refractivity contribution in [2.24, 2.45) is 4.99 Å². The molecular weight excluding hydrogens is 180 g/mol. The maximum Gasteiger partial charge on any atom is 0.338 e. The maximum atomic E-state index is 11.2. The molecule has 0 aliphatic carbocycles. The van der Waals surface area contributed by atoms with Crippen LogP contribution in [0.3, 0.4) is 0 Å². The van der Waals surface area contributed by atoms with Crippen LogP contribution in [0, 0.1) is 5.41 Å². The van der Waals surface area contributed by atoms with Crippen LogP contribution in [0.15, 0.2) is 29.3 Å². The smallest absolute Gasteiger partial charge is 0.338 e. The van der Waals surface area contributed by atoms with Crippen LogP contribution < -0.4 is 0 Å². The SMILES string of the molecule is CCOC(=O)c1ccc(N=C=N)cc1. The average Bonchev–Trinajstić information content (AvgIpc) is 2.20. The van der Waals surface area contributed by atoms with Crippen LogP contribution in [-0.2, 0) is 4.74 Å². The summed E-state index contributed by atoms with van der Waals surface area (Å²) in [7, 11) is 0. The van der Waals surface area contributed by atoms with E-state index in [2.05, 4.69) is 4.99 Å². The molecule has 0 fully saturated rings. The minimum absolute atomic E-state index is 0.349. The minimum Gasteiger partial charge on any atom is -0.462 e. The fraction of sp³-hybridized carbons (Fsp3) is 0.200. The lowest BCUT2D eigenvalue weighted by Gasteiger charge is -2.00. The van der Waals surface area contributed by atoms with Crippen LogP contribution >= 0.6 is 0 Å². The highest BCUT2D eigenvalue weighted by molar-refractivity contribution is 5.89. The highest BCUT2D eigenvalue weighted by atomic mass is 16.5. The normalized spacial score (nSPS) is 8.93. The first-order valence-electron chi connectivity index (χ1n) is 4.17. The predicted molar refractivity (Wildman–Crippen MR) is 52.2 cm³/mol. The molecule has 0 radical (unpaired) electrons. The van der Waals surface area contributed by atoms with Crippen LogP contribution in [0.2, 0.25) is 0 Å². The van der Waals surface area contributed by atoms with Gasteiger partial charge in [0.25, 0.3) is 0 Å². The number of nitrogens with one attached hydrogen (secondary N) is 1. The summed E-state index contributed by atoms with van der Waals surface area (Å²) in [6.07, 6.45) is 0. The molecule has 0 amide bonds. The Labute approximate surface area is 81.7 Å². The van der Waals surface area contributed by atoms with E-state index in [1.807, 2.05) is 6.01 Å². The molecule has 0 saturated carbocycles. The van der Waals surface area contributed by atoms with Gasteiger partial charge in [-0.05, 0) is 31.2 Å². The zero-order chi connectivity index (χ0) is 10.4. The second kappa shape index (κ2) is 4.94. The van der Waals surface area contributed by atoms with Crippen molar-refractivity contribution in [1.82, 2.24) is 0 Å². The minimum atomic E-state index is -0.349. The van der Waals surface area contributed by atoms with Gasteiger partial charge >= 0.3 is 5.97 Å². The number of nitrogens with zero attached hydrogens (tertiary/aromatic N) is 1. The quantitative estimate of drug-likeness (QED) is 0.586. The van der Waals surface area contributed by atoms with Crippen LogP contribution in [0.5, 0.6) is 0 Å². The number of hydrogen-bond donors (Lipinski definition) is 1. The number of rotatable bonds is 3. The van der Waals surface area contributed by atoms with E-state index in [0.29, 0.717) is 17.9 Å². The lowest BCUT2D eigenvalue weighted by Crippen LogP contribution is -2.03. The van der Waals surface area contributed by atoms with E-state index in [4.69, 9.17) is 10.1 Å². The molecule has 72 valence electrons. The van der Waals surface area contributed by atoms with Crippen LogP contribution in [0.4, 0.5) is 5.69 Å². The fourth-order valence-electron chi connectivity index (χ4n) is 0.951. The van der Waals surface area contributed by atoms with Crippen molar-refractivity contribution in [3.05, 3.63) is 29.8 Å². The Balaban J connectivity index is 2.82. The summed E-state index contributed by atoms with van der Waals surface area (Å²) in [5, 5.41) is 6.64. The second-order valence-corrected chi connectivity index (χ2v) is 2.49. The van der Waals surface area contributed by atoms with Gasteiger partial charge in [-0.2, -0.15) is 4.99 Å². The summed E-state index contributed by atoms with van der Waals surface area (Å²) in [4.78, 5) is 14.8. The van der Waals surface area contributed by atoms with E-state index in [1.165, 1.54) is 0 Å². The Morgan fingerprint density at radius 3 is 2.64 bits per heavy atom. The third-order valence-electron chi connectivity index (χ3n) is 1.56. The van der Waals surface area contributed by atoms with Crippen molar-refractivity contribution in [3.63, 3.8) is 0 Å². The van der Waals surface area contributed by atoms with Gasteiger partial charge < -0.3 is 4.74 Å². The van der Waals surface area contributed by atoms with Gasteiger partial charge in [0, 0.05) is 0 Å². The van der Waals surface area contributed by atoms with Gasteiger partial charge in [-0.3, -0.25) is 0 Å². The van der Waals surface area contributed by atoms with Gasteiger partial charge in [0.05, 0.1) is 23.9 Å². The molecule has 4 nitrogen and oxygen atoms in total. The number of carbonyl (C=O) groups excluding carboxylic acids is 1. The monoisotopic (exact) mass is 190 g/mol. The van der Waals surface area contributed by atoms with Gasteiger partial charge in [-0.25, -0.2) is 10.2 Å². The van der Waals surface area contributed by atoms with Crippen molar-refractivity contribution >= 4 is 17.7 Å². The Morgan fingerprint density at radius 1 is 1.50 bits per heavy atom. The Bertz CT molecular complexity index is 364. The van der Waals surface area contributed by atoms with E-state index >= 15 is 0 Å². The topological polar surface area (TPSA) is 62.5 Å². The molecule has 0 atom stereocenters. The zero-order valence-corrected chi connectivity index (χ0v) is 7.78. The van der Waals surface area contributed by atoms with Crippen LogP contribution in [-0.4, -0.2) is 18.6 Å². The Kier molecular flexibility index (Phi) is 3.58. The van der Waals surface area contributed by atoms with Crippen LogP contribution in [0.25, 0.3) is 0 Å². The molecule has 1 rings (SSSR count). The van der Waals surface area contributed by atoms with Gasteiger partial charge in [-0.15, -0.1) is 0 Å². The molecular formula is C10H10N2O2. The van der Waals surface area contributed by atoms with Gasteiger partial charge in [0.2, 0.25) is 0 Å². The molecule has 0 bridgehead atoms. The summed E-state index contributed by atoms with van der Waals surface area (Å²) in [6.45, 7) is 2.12. The molecule has 0 spiro atoms. The van der Waals surface area contributed by atoms with E-state index in [9.17, 15) is 4.79 Å². The lowest BCUT2D eigenvalue weighted by molar-refractivity contribution is 0.0526. The molecule has 1 aromatic rings. The molecule has 1 aromatic carbocycles. The van der Waals surface area contributed by atoms with E-state index in [1.54, 1.807) is 31.2 Å². The zero-order valence-electron chi connectivity index (χ0n) is 7.78. The third kappa shape index (κ3) is 2.54. The summed E-state index contributed by atoms with van der Waals surface area (Å²) < 4.78 is 4.81. The first-order valence-corrected chi connectivity index (χ1v) is 4.17. The summed E-state index contributed by atoms with van der Waals surface area (Å²) in [5.41, 5.74) is 1.07. The van der Waals surface area contributed by atoms with E-state index in [0.717, 1.165) is 0 Å². The fourth-order valence-corrected chi connectivity index (χ4v) is 0.951. The molecule has 0 aliphatic heterocycles. The molecule has 14 heavy (non-hydrogen) atoms. The second-order valence-electron chi connectivity index (χ2n) is 2.49. The van der Waals surface area contributed by atoms with Crippen molar-refractivity contribution in [1.29, 1.82) is 5.41 Å². The Morgan fingerprint density at radius 2 is 2.14 bits per heavy atom. The van der Waals surface area contributed by atoms with E-state index in [-0.39, 0.29) is 5.97 Å². The number of ether oxygens (including phenoxy) is 1. The molecule has 0 saturated heterocycles. The van der Waals surface area contributed by atoms with Crippen molar-refractivity contribution in [2.45, 2.75) is 6.92 Å². The summed E-state index contributed by atoms with van der Waals surface area (Å²) in [5.74, 6) is -0.349. The number of benzene rings is 1. The van der Waals surface area contributed by atoms with E-state index < -0.39 is 0 Å². The van der Waals surface area contributed by atoms with Gasteiger partial charge in [0.15, 0.2) is 0 Å². The average molecular weight is 190 g/mol. The molecule has 0 unspecified atom stereocenters. The van der Waals surface area contributed by atoms with Gasteiger partial charge in [-0.1, -0.05) is 0 Å². The molecule has 0 aromatic heterocycles. The standard InChI is InChI=1S/C10H10N2O2/c1-2-14-10(13)8-3-5-9(6-4-8)12-7-11/h3-6,11H,2H2,1H3. The largest absolute Gasteiger partial charge is 0.462 e. The predicted octanol–water partition coefficient (Wildman–Crippen LogP) is 2.25. The highest BCUT2D eigenvalue weighted by Gasteiger charge is 2.04. The van der Waals surface area contributed by atoms with Crippen LogP contribution in [0.1, 0.15) is 17.3 Å². The number of aliphatic imine (C=N–C) groups is 1. The summed E-state index contributed by atoms with van der Waals surface area (Å²) in [6, 6.07) is 8.39. The molecule has 4 heteroatoms. The maximum absolute atomic E-state index is 11.2. The van der Waals surface area contributed by atoms with Crippen molar-refractivity contribution in [2.75, 3.05) is 6.61 Å². The number of carbonyl (C=O) groups is 1. The molecule has 0 aliphatic rings. The molecule has 0 heterocycles. The number of hydrogen-bond acceptors (Lipinski definition) is 4. The number of esters is 1. The summed E-state index contributed by atoms with van der Waals surface area (Å²) >= 11 is 0. The third-order valence-corrected chi connectivity index (χ3v) is 1.56. The molecule has 1 N–H and O–H groups in total. The first-order chi connectivity index (χ1) is 6.77. The lowest BCUT2D eigenvalue weighted by atomic mass is 10.2. The highest BCUT2D eigenvalue weighted by Crippen LogP contribution is 2.12. The van der Waals surface area contributed by atoms with Crippen molar-refractivity contribution in [3.8, 4) is 0 Å². The Hall–Kier alpha value is -1.93. The van der Waals surface area contributed by atoms with Crippen molar-refractivity contribution < 1.29 is 9.53 Å². The van der Waals surface area contributed by atoms with Gasteiger partial charge in [0.1, 0.15) is 0 Å².